The fourth-order valence-corrected chi connectivity index (χ4v) is 4.10. The van der Waals surface area contributed by atoms with Crippen LogP contribution in [0, 0.1) is 5.82 Å². The molecule has 2 atom stereocenters. The molecule has 1 fully saturated rings. The van der Waals surface area contributed by atoms with Gasteiger partial charge in [0.1, 0.15) is 11.6 Å². The number of carbonyl (C=O) groups excluding carboxylic acids is 2. The van der Waals surface area contributed by atoms with E-state index in [2.05, 4.69) is 23.8 Å². The lowest BCUT2D eigenvalue weighted by molar-refractivity contribution is -0.125. The van der Waals surface area contributed by atoms with Crippen LogP contribution < -0.4 is 15.4 Å². The Bertz CT molecular complexity index is 816. The summed E-state index contributed by atoms with van der Waals surface area (Å²) >= 11 is 0. The molecule has 0 saturated carbocycles. The Labute approximate surface area is 183 Å². The highest BCUT2D eigenvalue weighted by atomic mass is 19.1. The Morgan fingerprint density at radius 3 is 2.65 bits per heavy atom. The van der Waals surface area contributed by atoms with E-state index in [4.69, 9.17) is 4.74 Å². The second-order valence-corrected chi connectivity index (χ2v) is 8.34. The molecule has 0 aromatic heterocycles. The maximum absolute atomic E-state index is 14.4. The zero-order chi connectivity index (χ0) is 23.1. The Morgan fingerprint density at radius 2 is 2.10 bits per heavy atom. The third-order valence-corrected chi connectivity index (χ3v) is 6.03. The first-order valence-corrected chi connectivity index (χ1v) is 10.5. The molecule has 1 aromatic carbocycles. The number of nitrogens with one attached hydrogen (secondary N) is 2. The van der Waals surface area contributed by atoms with Gasteiger partial charge in [-0.3, -0.25) is 9.59 Å². The number of halogens is 1. The predicted octanol–water partition coefficient (Wildman–Crippen LogP) is 3.19. The number of amides is 2. The summed E-state index contributed by atoms with van der Waals surface area (Å²) < 4.78 is 19.6. The van der Waals surface area contributed by atoms with E-state index in [0.29, 0.717) is 43.4 Å². The zero-order valence-electron chi connectivity index (χ0n) is 18.4. The Balaban J connectivity index is 2.08. The van der Waals surface area contributed by atoms with Crippen molar-refractivity contribution in [1.82, 2.24) is 10.6 Å². The molecule has 0 bridgehead atoms. The molecule has 3 N–H and O–H groups in total. The molecule has 1 aromatic rings. The number of ether oxygens (including phenoxy) is 1. The van der Waals surface area contributed by atoms with E-state index < -0.39 is 17.2 Å². The summed E-state index contributed by atoms with van der Waals surface area (Å²) in [6.07, 6.45) is 5.45. The third kappa shape index (κ3) is 6.40. The highest BCUT2D eigenvalue weighted by Crippen LogP contribution is 2.32. The first-order chi connectivity index (χ1) is 14.7. The molecule has 2 amide bonds. The molecular weight excluding hydrogens is 399 g/mol. The van der Waals surface area contributed by atoms with Crippen molar-refractivity contribution in [3.8, 4) is 5.75 Å². The first-order valence-electron chi connectivity index (χ1n) is 10.5. The van der Waals surface area contributed by atoms with E-state index in [1.807, 2.05) is 0 Å². The van der Waals surface area contributed by atoms with Crippen LogP contribution in [0.25, 0.3) is 0 Å². The number of hydrogen-bond acceptors (Lipinski definition) is 4. The van der Waals surface area contributed by atoms with Crippen LogP contribution in [0.4, 0.5) is 4.39 Å². The molecule has 7 heteroatoms. The molecule has 31 heavy (non-hydrogen) atoms. The summed E-state index contributed by atoms with van der Waals surface area (Å²) in [5.41, 5.74) is -1.44. The van der Waals surface area contributed by atoms with Crippen LogP contribution in [-0.4, -0.2) is 41.2 Å². The van der Waals surface area contributed by atoms with Crippen LogP contribution in [0.3, 0.4) is 0 Å². The van der Waals surface area contributed by atoms with E-state index in [1.165, 1.54) is 13.2 Å². The fourth-order valence-electron chi connectivity index (χ4n) is 4.10. The van der Waals surface area contributed by atoms with E-state index >= 15 is 0 Å². The molecule has 1 aliphatic heterocycles. The quantitative estimate of drug-likeness (QED) is 0.443. The summed E-state index contributed by atoms with van der Waals surface area (Å²) in [4.78, 5) is 24.6. The van der Waals surface area contributed by atoms with Gasteiger partial charge < -0.3 is 20.5 Å². The normalized spacial score (nSPS) is 19.4. The molecule has 170 valence electrons. The van der Waals surface area contributed by atoms with Crippen LogP contribution >= 0.6 is 0 Å². The topological polar surface area (TPSA) is 87.7 Å². The van der Waals surface area contributed by atoms with Crippen LogP contribution in [0.1, 0.15) is 51.0 Å². The van der Waals surface area contributed by atoms with E-state index in [0.717, 1.165) is 0 Å². The summed E-state index contributed by atoms with van der Waals surface area (Å²) in [6, 6.07) is 3.99. The minimum atomic E-state index is -1.16. The van der Waals surface area contributed by atoms with Gasteiger partial charge in [0, 0.05) is 18.4 Å². The van der Waals surface area contributed by atoms with E-state index in [-0.39, 0.29) is 30.5 Å². The molecule has 1 aliphatic rings. The van der Waals surface area contributed by atoms with Gasteiger partial charge in [0.05, 0.1) is 18.8 Å². The standard InChI is InChI=1S/C24H33FN2O4/c1-5-11-24(30,12-6-2)17(3)26-21(28)9-13-23(14-10-22(29)27-23)16-18-15-19(31-4)7-8-20(18)25/h5-8,15,17,30H,1-2,9-14,16H2,3-4H3,(H,26,28)(H,27,29). The van der Waals surface area contributed by atoms with Gasteiger partial charge in [0.25, 0.3) is 0 Å². The van der Waals surface area contributed by atoms with Crippen molar-refractivity contribution in [2.24, 2.45) is 0 Å². The van der Waals surface area contributed by atoms with Crippen LogP contribution in [0.15, 0.2) is 43.5 Å². The molecule has 6 nitrogen and oxygen atoms in total. The van der Waals surface area contributed by atoms with Crippen molar-refractivity contribution in [3.63, 3.8) is 0 Å². The van der Waals surface area contributed by atoms with Crippen molar-refractivity contribution < 1.29 is 23.8 Å². The van der Waals surface area contributed by atoms with Crippen LogP contribution in [0.2, 0.25) is 0 Å². The van der Waals surface area contributed by atoms with Crippen molar-refractivity contribution >= 4 is 11.8 Å². The lowest BCUT2D eigenvalue weighted by Gasteiger charge is -2.34. The maximum Gasteiger partial charge on any atom is 0.220 e. The minimum Gasteiger partial charge on any atom is -0.497 e. The van der Waals surface area contributed by atoms with Gasteiger partial charge in [-0.25, -0.2) is 4.39 Å². The maximum atomic E-state index is 14.4. The first kappa shape index (κ1) is 24.6. The van der Waals surface area contributed by atoms with Crippen molar-refractivity contribution in [1.29, 1.82) is 0 Å². The summed E-state index contributed by atoms with van der Waals surface area (Å²) in [5, 5.41) is 16.6. The SMILES string of the molecule is C=CCC(O)(CC=C)C(C)NC(=O)CCC1(Cc2cc(OC)ccc2F)CCC(=O)N1. The summed E-state index contributed by atoms with van der Waals surface area (Å²) in [5.74, 6) is -0.196. The average Bonchev–Trinajstić information content (AvgIpc) is 3.09. The molecule has 2 rings (SSSR count). The van der Waals surface area contributed by atoms with Gasteiger partial charge >= 0.3 is 0 Å². The number of carbonyl (C=O) groups is 2. The number of hydrogen-bond donors (Lipinski definition) is 3. The monoisotopic (exact) mass is 432 g/mol. The predicted molar refractivity (Wildman–Crippen MR) is 118 cm³/mol. The van der Waals surface area contributed by atoms with Crippen molar-refractivity contribution in [3.05, 3.63) is 54.9 Å². The molecule has 2 unspecified atom stereocenters. The number of aliphatic hydroxyl groups is 1. The lowest BCUT2D eigenvalue weighted by atomic mass is 9.84. The Hall–Kier alpha value is -2.67. The molecular formula is C24H33FN2O4. The smallest absolute Gasteiger partial charge is 0.220 e. The van der Waals surface area contributed by atoms with Gasteiger partial charge in [-0.05, 0) is 62.8 Å². The highest BCUT2D eigenvalue weighted by molar-refractivity contribution is 5.80. The van der Waals surface area contributed by atoms with E-state index in [9.17, 15) is 19.1 Å². The Kier molecular flexibility index (Phi) is 8.39. The van der Waals surface area contributed by atoms with Gasteiger partial charge in [-0.1, -0.05) is 12.2 Å². The summed E-state index contributed by atoms with van der Waals surface area (Å²) in [7, 11) is 1.51. The van der Waals surface area contributed by atoms with Gasteiger partial charge in [-0.2, -0.15) is 0 Å². The highest BCUT2D eigenvalue weighted by Gasteiger charge is 2.39. The second kappa shape index (κ2) is 10.6. The third-order valence-electron chi connectivity index (χ3n) is 6.03. The van der Waals surface area contributed by atoms with Gasteiger partial charge in [0.15, 0.2) is 0 Å². The Morgan fingerprint density at radius 1 is 1.42 bits per heavy atom. The number of benzene rings is 1. The van der Waals surface area contributed by atoms with Gasteiger partial charge in [0.2, 0.25) is 11.8 Å². The molecule has 1 heterocycles. The fraction of sp³-hybridized carbons (Fsp3) is 0.500. The largest absolute Gasteiger partial charge is 0.497 e. The number of rotatable bonds is 12. The molecule has 1 saturated heterocycles. The molecule has 0 aliphatic carbocycles. The molecule has 0 radical (unpaired) electrons. The average molecular weight is 433 g/mol. The van der Waals surface area contributed by atoms with Crippen molar-refractivity contribution in [2.45, 2.75) is 69.1 Å². The van der Waals surface area contributed by atoms with E-state index in [1.54, 1.807) is 31.2 Å². The van der Waals surface area contributed by atoms with Crippen molar-refractivity contribution in [2.75, 3.05) is 7.11 Å². The number of methoxy groups -OCH3 is 1. The minimum absolute atomic E-state index is 0.108. The second-order valence-electron chi connectivity index (χ2n) is 8.34. The summed E-state index contributed by atoms with van der Waals surface area (Å²) in [6.45, 7) is 9.07. The molecule has 0 spiro atoms. The van der Waals surface area contributed by atoms with Crippen LogP contribution in [0.5, 0.6) is 5.75 Å². The van der Waals surface area contributed by atoms with Gasteiger partial charge in [-0.15, -0.1) is 13.2 Å². The zero-order valence-corrected chi connectivity index (χ0v) is 18.4. The lowest BCUT2D eigenvalue weighted by Crippen LogP contribution is -2.51. The van der Waals surface area contributed by atoms with Crippen LogP contribution in [-0.2, 0) is 16.0 Å².